The number of methoxy groups -OCH3 is 1. The number of benzene rings is 3. The van der Waals surface area contributed by atoms with Gasteiger partial charge in [0.25, 0.3) is 5.91 Å². The third-order valence-electron chi connectivity index (χ3n) is 4.57. The van der Waals surface area contributed by atoms with Gasteiger partial charge in [0.2, 0.25) is 0 Å². The first-order valence-electron chi connectivity index (χ1n) is 10.5. The maximum absolute atomic E-state index is 12.3. The zero-order valence-corrected chi connectivity index (χ0v) is 21.6. The van der Waals surface area contributed by atoms with Crippen LogP contribution in [0, 0.1) is 6.92 Å². The number of nitrogens with zero attached hydrogens (tertiary/aromatic N) is 1. The lowest BCUT2D eigenvalue weighted by molar-refractivity contribution is -0.136. The fourth-order valence-corrected chi connectivity index (χ4v) is 3.75. The highest BCUT2D eigenvalue weighted by Crippen LogP contribution is 2.36. The second-order valence-corrected chi connectivity index (χ2v) is 8.69. The number of aryl methyl sites for hydroxylation is 1. The number of amides is 3. The monoisotopic (exact) mass is 572 g/mol. The van der Waals surface area contributed by atoms with Gasteiger partial charge in [0.15, 0.2) is 18.1 Å². The van der Waals surface area contributed by atoms with Crippen LogP contribution >= 0.6 is 27.5 Å². The first-order valence-corrected chi connectivity index (χ1v) is 11.7. The molecule has 0 heterocycles. The standard InChI is InChI=1S/C25H22BrClN4O5/c1-15-5-3-7-18(9-15)29-22(32)14-36-23-20(26)10-16(11-21(23)35-2)13-28-31-25(34)24(33)30-19-8-4-6-17(27)12-19/h3-13H,14H2,1-2H3,(H,29,32)(H,30,33)(H,31,34)/b28-13-. The number of rotatable bonds is 8. The normalized spacial score (nSPS) is 10.6. The van der Waals surface area contributed by atoms with Gasteiger partial charge in [-0.2, -0.15) is 5.10 Å². The highest BCUT2D eigenvalue weighted by atomic mass is 79.9. The van der Waals surface area contributed by atoms with Gasteiger partial charge < -0.3 is 20.1 Å². The van der Waals surface area contributed by atoms with Gasteiger partial charge in [-0.15, -0.1) is 0 Å². The van der Waals surface area contributed by atoms with E-state index < -0.39 is 11.8 Å². The van der Waals surface area contributed by atoms with E-state index in [2.05, 4.69) is 37.1 Å². The molecule has 0 bridgehead atoms. The van der Waals surface area contributed by atoms with Crippen molar-refractivity contribution in [3.05, 3.63) is 81.3 Å². The van der Waals surface area contributed by atoms with Gasteiger partial charge >= 0.3 is 11.8 Å². The van der Waals surface area contributed by atoms with Crippen LogP contribution in [0.15, 0.2) is 70.2 Å². The van der Waals surface area contributed by atoms with Crippen LogP contribution in [0.25, 0.3) is 0 Å². The van der Waals surface area contributed by atoms with Crippen LogP contribution in [0.3, 0.4) is 0 Å². The second-order valence-electron chi connectivity index (χ2n) is 7.40. The number of halogens is 2. The van der Waals surface area contributed by atoms with E-state index in [1.54, 1.807) is 36.4 Å². The molecule has 0 spiro atoms. The van der Waals surface area contributed by atoms with Gasteiger partial charge in [0.1, 0.15) is 0 Å². The van der Waals surface area contributed by atoms with Crippen molar-refractivity contribution in [1.82, 2.24) is 5.43 Å². The SMILES string of the molecule is COc1cc(/C=N\NC(=O)C(=O)Nc2cccc(Cl)c2)cc(Br)c1OCC(=O)Nc1cccc(C)c1. The van der Waals surface area contributed by atoms with Gasteiger partial charge in [-0.25, -0.2) is 5.43 Å². The Labute approximate surface area is 220 Å². The minimum absolute atomic E-state index is 0.242. The average Bonchev–Trinajstić information content (AvgIpc) is 2.83. The van der Waals surface area contributed by atoms with Crippen LogP contribution in [0.4, 0.5) is 11.4 Å². The highest BCUT2D eigenvalue weighted by molar-refractivity contribution is 9.10. The predicted octanol–water partition coefficient (Wildman–Crippen LogP) is 4.53. The minimum Gasteiger partial charge on any atom is -0.493 e. The number of carbonyl (C=O) groups excluding carboxylic acids is 3. The summed E-state index contributed by atoms with van der Waals surface area (Å²) < 4.78 is 11.5. The third-order valence-corrected chi connectivity index (χ3v) is 5.39. The van der Waals surface area contributed by atoms with Crippen molar-refractivity contribution < 1.29 is 23.9 Å². The number of hydrogen-bond donors (Lipinski definition) is 3. The van der Waals surface area contributed by atoms with Crippen LogP contribution < -0.4 is 25.5 Å². The molecule has 3 rings (SSSR count). The van der Waals surface area contributed by atoms with Crippen molar-refractivity contribution in [3.8, 4) is 11.5 Å². The van der Waals surface area contributed by atoms with E-state index >= 15 is 0 Å². The molecule has 0 aromatic heterocycles. The van der Waals surface area contributed by atoms with E-state index in [-0.39, 0.29) is 12.5 Å². The Bertz CT molecular complexity index is 1320. The van der Waals surface area contributed by atoms with E-state index in [9.17, 15) is 14.4 Å². The molecule has 3 aromatic carbocycles. The second kappa shape index (κ2) is 12.7. The van der Waals surface area contributed by atoms with Gasteiger partial charge in [-0.3, -0.25) is 14.4 Å². The zero-order valence-electron chi connectivity index (χ0n) is 19.3. The Kier molecular flexibility index (Phi) is 9.43. The molecule has 0 aliphatic rings. The van der Waals surface area contributed by atoms with Crippen molar-refractivity contribution in [2.24, 2.45) is 5.10 Å². The molecule has 11 heteroatoms. The molecule has 3 N–H and O–H groups in total. The fourth-order valence-electron chi connectivity index (χ4n) is 2.98. The summed E-state index contributed by atoms with van der Waals surface area (Å²) >= 11 is 9.25. The summed E-state index contributed by atoms with van der Waals surface area (Å²) in [5.74, 6) is -1.55. The Balaban J connectivity index is 1.58. The van der Waals surface area contributed by atoms with E-state index in [0.29, 0.717) is 37.9 Å². The third kappa shape index (κ3) is 7.82. The molecule has 3 aromatic rings. The Morgan fingerprint density at radius 1 is 1.00 bits per heavy atom. The van der Waals surface area contributed by atoms with Crippen molar-refractivity contribution in [2.75, 3.05) is 24.4 Å². The molecule has 0 atom stereocenters. The summed E-state index contributed by atoms with van der Waals surface area (Å²) in [4.78, 5) is 36.3. The Hall–Kier alpha value is -3.89. The average molecular weight is 574 g/mol. The minimum atomic E-state index is -0.961. The van der Waals surface area contributed by atoms with Crippen molar-refractivity contribution in [2.45, 2.75) is 6.92 Å². The van der Waals surface area contributed by atoms with Crippen LogP contribution in [-0.2, 0) is 14.4 Å². The highest BCUT2D eigenvalue weighted by Gasteiger charge is 2.15. The molecule has 3 amide bonds. The number of hydrazone groups is 1. The largest absolute Gasteiger partial charge is 0.493 e. The number of hydrogen-bond acceptors (Lipinski definition) is 6. The van der Waals surface area contributed by atoms with Crippen LogP contribution in [0.2, 0.25) is 5.02 Å². The number of ether oxygens (including phenoxy) is 2. The van der Waals surface area contributed by atoms with E-state index in [1.165, 1.54) is 19.4 Å². The van der Waals surface area contributed by atoms with Crippen LogP contribution in [0.1, 0.15) is 11.1 Å². The maximum atomic E-state index is 12.3. The van der Waals surface area contributed by atoms with Crippen LogP contribution in [-0.4, -0.2) is 37.7 Å². The maximum Gasteiger partial charge on any atom is 0.329 e. The molecule has 36 heavy (non-hydrogen) atoms. The van der Waals surface area contributed by atoms with E-state index in [4.69, 9.17) is 21.1 Å². The molecule has 0 saturated carbocycles. The molecule has 0 saturated heterocycles. The summed E-state index contributed by atoms with van der Waals surface area (Å²) in [6.45, 7) is 1.69. The number of anilines is 2. The topological polar surface area (TPSA) is 118 Å². The summed E-state index contributed by atoms with van der Waals surface area (Å²) in [6, 6.07) is 17.1. The molecule has 9 nitrogen and oxygen atoms in total. The van der Waals surface area contributed by atoms with Gasteiger partial charge in [0.05, 0.1) is 17.8 Å². The van der Waals surface area contributed by atoms with E-state index in [0.717, 1.165) is 5.56 Å². The molecule has 0 aliphatic carbocycles. The smallest absolute Gasteiger partial charge is 0.329 e. The number of carbonyl (C=O) groups is 3. The first kappa shape index (κ1) is 26.7. The van der Waals surface area contributed by atoms with Gasteiger partial charge in [-0.05, 0) is 76.4 Å². The van der Waals surface area contributed by atoms with Crippen molar-refractivity contribution in [3.63, 3.8) is 0 Å². The Morgan fingerprint density at radius 3 is 2.42 bits per heavy atom. The van der Waals surface area contributed by atoms with Crippen LogP contribution in [0.5, 0.6) is 11.5 Å². The molecule has 186 valence electrons. The molecular weight excluding hydrogens is 552 g/mol. The van der Waals surface area contributed by atoms with Crippen molar-refractivity contribution >= 4 is 62.8 Å². The van der Waals surface area contributed by atoms with E-state index in [1.807, 2.05) is 25.1 Å². The molecular formula is C25H22BrClN4O5. The molecule has 0 fully saturated rings. The summed E-state index contributed by atoms with van der Waals surface area (Å²) in [7, 11) is 1.45. The Morgan fingerprint density at radius 2 is 1.72 bits per heavy atom. The molecule has 0 aliphatic heterocycles. The molecule has 0 unspecified atom stereocenters. The lowest BCUT2D eigenvalue weighted by atomic mass is 10.2. The van der Waals surface area contributed by atoms with Crippen molar-refractivity contribution in [1.29, 1.82) is 0 Å². The molecule has 0 radical (unpaired) electrons. The van der Waals surface area contributed by atoms with Gasteiger partial charge in [0, 0.05) is 16.4 Å². The predicted molar refractivity (Wildman–Crippen MR) is 142 cm³/mol. The summed E-state index contributed by atoms with van der Waals surface area (Å²) in [5.41, 5.74) is 4.75. The zero-order chi connectivity index (χ0) is 26.1. The summed E-state index contributed by atoms with van der Waals surface area (Å²) in [5, 5.41) is 9.41. The van der Waals surface area contributed by atoms with Gasteiger partial charge in [-0.1, -0.05) is 29.8 Å². The lowest BCUT2D eigenvalue weighted by Crippen LogP contribution is -2.32. The quantitative estimate of drug-likeness (QED) is 0.208. The summed E-state index contributed by atoms with van der Waals surface area (Å²) in [6.07, 6.45) is 1.33. The number of nitrogens with one attached hydrogen (secondary N) is 3. The lowest BCUT2D eigenvalue weighted by Gasteiger charge is -2.13. The fraction of sp³-hybridized carbons (Fsp3) is 0.120. The first-order chi connectivity index (χ1) is 17.2.